The molecule has 0 radical (unpaired) electrons. The first-order valence-corrected chi connectivity index (χ1v) is 2.96. The lowest BCUT2D eigenvalue weighted by molar-refractivity contribution is -0.138. The average Bonchev–Trinajstić information content (AvgIpc) is 1.63. The fourth-order valence-corrected chi connectivity index (χ4v) is 0.382. The van der Waals surface area contributed by atoms with Crippen molar-refractivity contribution in [1.29, 1.82) is 0 Å². The van der Waals surface area contributed by atoms with Crippen LogP contribution in [0.2, 0.25) is 0 Å². The summed E-state index contributed by atoms with van der Waals surface area (Å²) in [6.07, 6.45) is 0.224. The van der Waals surface area contributed by atoms with Crippen LogP contribution in [0.3, 0.4) is 0 Å². The lowest BCUT2D eigenvalue weighted by Gasteiger charge is -2.03. The number of aliphatic carboxylic acids is 1. The van der Waals surface area contributed by atoms with Gasteiger partial charge in [0.15, 0.2) is 0 Å². The SMILES string of the molecule is CC(C)OCCC(=O)O.Cl. The molecule has 0 aromatic carbocycles. The van der Waals surface area contributed by atoms with E-state index in [-0.39, 0.29) is 24.9 Å². The van der Waals surface area contributed by atoms with Gasteiger partial charge in [0.2, 0.25) is 0 Å². The van der Waals surface area contributed by atoms with Crippen LogP contribution in [-0.2, 0) is 9.53 Å². The summed E-state index contributed by atoms with van der Waals surface area (Å²) in [6.45, 7) is 4.07. The van der Waals surface area contributed by atoms with Gasteiger partial charge in [0.05, 0.1) is 19.1 Å². The van der Waals surface area contributed by atoms with Crippen LogP contribution in [0.25, 0.3) is 0 Å². The third-order valence-corrected chi connectivity index (χ3v) is 0.767. The lowest BCUT2D eigenvalue weighted by Crippen LogP contribution is -2.07. The number of hydrogen-bond donors (Lipinski definition) is 1. The van der Waals surface area contributed by atoms with Gasteiger partial charge in [0.25, 0.3) is 0 Å². The molecule has 0 spiro atoms. The summed E-state index contributed by atoms with van der Waals surface area (Å²) < 4.78 is 4.97. The van der Waals surface area contributed by atoms with Crippen molar-refractivity contribution in [2.24, 2.45) is 0 Å². The van der Waals surface area contributed by atoms with E-state index in [0.29, 0.717) is 6.61 Å². The minimum atomic E-state index is -0.810. The van der Waals surface area contributed by atoms with E-state index >= 15 is 0 Å². The standard InChI is InChI=1S/C6H12O3.ClH/c1-5(2)9-4-3-6(7)8;/h5H,3-4H2,1-2H3,(H,7,8);1H. The zero-order valence-electron chi connectivity index (χ0n) is 6.16. The maximum absolute atomic E-state index is 9.90. The van der Waals surface area contributed by atoms with Crippen molar-refractivity contribution in [3.63, 3.8) is 0 Å². The number of carbonyl (C=O) groups is 1. The third kappa shape index (κ3) is 10.7. The fraction of sp³-hybridized carbons (Fsp3) is 0.833. The van der Waals surface area contributed by atoms with E-state index in [1.165, 1.54) is 0 Å². The van der Waals surface area contributed by atoms with Gasteiger partial charge < -0.3 is 9.84 Å². The van der Waals surface area contributed by atoms with Gasteiger partial charge in [-0.05, 0) is 13.8 Å². The second-order valence-corrected chi connectivity index (χ2v) is 2.06. The summed E-state index contributed by atoms with van der Waals surface area (Å²) in [4.78, 5) is 9.90. The first-order valence-electron chi connectivity index (χ1n) is 2.96. The summed E-state index contributed by atoms with van der Waals surface area (Å²) in [5.41, 5.74) is 0. The molecule has 0 aliphatic carbocycles. The normalized spacial score (nSPS) is 9.10. The fourth-order valence-electron chi connectivity index (χ4n) is 0.382. The summed E-state index contributed by atoms with van der Waals surface area (Å²) in [5, 5.41) is 8.15. The second-order valence-electron chi connectivity index (χ2n) is 2.06. The minimum Gasteiger partial charge on any atom is -0.481 e. The molecule has 0 rings (SSSR count). The van der Waals surface area contributed by atoms with E-state index in [1.807, 2.05) is 13.8 Å². The number of rotatable bonds is 4. The summed E-state index contributed by atoms with van der Waals surface area (Å²) >= 11 is 0. The molecule has 1 N–H and O–H groups in total. The van der Waals surface area contributed by atoms with Gasteiger partial charge in [-0.1, -0.05) is 0 Å². The van der Waals surface area contributed by atoms with E-state index in [4.69, 9.17) is 9.84 Å². The van der Waals surface area contributed by atoms with Gasteiger partial charge in [-0.2, -0.15) is 0 Å². The van der Waals surface area contributed by atoms with Crippen molar-refractivity contribution in [3.8, 4) is 0 Å². The molecule has 62 valence electrons. The van der Waals surface area contributed by atoms with E-state index < -0.39 is 5.97 Å². The van der Waals surface area contributed by atoms with Gasteiger partial charge in [-0.25, -0.2) is 0 Å². The van der Waals surface area contributed by atoms with Crippen LogP contribution in [-0.4, -0.2) is 23.8 Å². The predicted octanol–water partition coefficient (Wildman–Crippen LogP) is 1.31. The average molecular weight is 169 g/mol. The molecule has 0 fully saturated rings. The van der Waals surface area contributed by atoms with Gasteiger partial charge in [0.1, 0.15) is 0 Å². The Kier molecular flexibility index (Phi) is 8.48. The van der Waals surface area contributed by atoms with E-state index in [0.717, 1.165) is 0 Å². The van der Waals surface area contributed by atoms with Crippen LogP contribution in [0.15, 0.2) is 0 Å². The molecule has 0 saturated heterocycles. The lowest BCUT2D eigenvalue weighted by atomic mass is 10.4. The second kappa shape index (κ2) is 6.83. The molecule has 4 heteroatoms. The Morgan fingerprint density at radius 3 is 2.40 bits per heavy atom. The Morgan fingerprint density at radius 2 is 2.10 bits per heavy atom. The summed E-state index contributed by atoms with van der Waals surface area (Å²) in [7, 11) is 0. The number of carboxylic acids is 1. The van der Waals surface area contributed by atoms with Crippen molar-refractivity contribution in [2.45, 2.75) is 26.4 Å². The topological polar surface area (TPSA) is 46.5 Å². The Balaban J connectivity index is 0. The molecule has 0 aromatic heterocycles. The highest BCUT2D eigenvalue weighted by molar-refractivity contribution is 5.85. The zero-order valence-corrected chi connectivity index (χ0v) is 6.98. The molecule has 3 nitrogen and oxygen atoms in total. The van der Waals surface area contributed by atoms with Crippen LogP contribution in [0.1, 0.15) is 20.3 Å². The molecule has 0 saturated carbocycles. The van der Waals surface area contributed by atoms with Crippen LogP contribution < -0.4 is 0 Å². The van der Waals surface area contributed by atoms with Crippen molar-refractivity contribution in [2.75, 3.05) is 6.61 Å². The molecule has 0 bridgehead atoms. The molecule has 0 unspecified atom stereocenters. The van der Waals surface area contributed by atoms with Gasteiger partial charge in [-0.15, -0.1) is 12.4 Å². The van der Waals surface area contributed by atoms with Crippen LogP contribution in [0.4, 0.5) is 0 Å². The smallest absolute Gasteiger partial charge is 0.305 e. The summed E-state index contributed by atoms with van der Waals surface area (Å²) in [6, 6.07) is 0. The molecule has 0 atom stereocenters. The van der Waals surface area contributed by atoms with Gasteiger partial charge in [0, 0.05) is 0 Å². The monoisotopic (exact) mass is 168 g/mol. The maximum Gasteiger partial charge on any atom is 0.305 e. The van der Waals surface area contributed by atoms with Crippen LogP contribution in [0.5, 0.6) is 0 Å². The van der Waals surface area contributed by atoms with Gasteiger partial charge in [-0.3, -0.25) is 4.79 Å². The molecule has 0 amide bonds. The van der Waals surface area contributed by atoms with Crippen LogP contribution in [0, 0.1) is 0 Å². The highest BCUT2D eigenvalue weighted by atomic mass is 35.5. The number of halogens is 1. The first-order chi connectivity index (χ1) is 4.13. The molecule has 0 aliphatic heterocycles. The van der Waals surface area contributed by atoms with Crippen molar-refractivity contribution < 1.29 is 14.6 Å². The Hall–Kier alpha value is -0.280. The number of ether oxygens (including phenoxy) is 1. The maximum atomic E-state index is 9.90. The Labute approximate surface area is 66.8 Å². The Morgan fingerprint density at radius 1 is 1.60 bits per heavy atom. The van der Waals surface area contributed by atoms with Crippen LogP contribution >= 0.6 is 12.4 Å². The Bertz CT molecular complexity index is 93.0. The summed E-state index contributed by atoms with van der Waals surface area (Å²) in [5.74, 6) is -0.810. The number of hydrogen-bond acceptors (Lipinski definition) is 2. The van der Waals surface area contributed by atoms with Gasteiger partial charge >= 0.3 is 5.97 Å². The quantitative estimate of drug-likeness (QED) is 0.689. The molecular formula is C6H13ClO3. The van der Waals surface area contributed by atoms with Crippen molar-refractivity contribution >= 4 is 18.4 Å². The number of carboxylic acid groups (broad SMARTS) is 1. The molecule has 0 heterocycles. The minimum absolute atomic E-state index is 0. The molecule has 0 aliphatic rings. The zero-order chi connectivity index (χ0) is 7.28. The molecular weight excluding hydrogens is 156 g/mol. The highest BCUT2D eigenvalue weighted by Crippen LogP contribution is 1.89. The van der Waals surface area contributed by atoms with E-state index in [9.17, 15) is 4.79 Å². The van der Waals surface area contributed by atoms with Crippen molar-refractivity contribution in [1.82, 2.24) is 0 Å². The largest absolute Gasteiger partial charge is 0.481 e. The molecule has 10 heavy (non-hydrogen) atoms. The highest BCUT2D eigenvalue weighted by Gasteiger charge is 1.97. The first kappa shape index (κ1) is 12.4. The third-order valence-electron chi connectivity index (χ3n) is 0.767. The predicted molar refractivity (Wildman–Crippen MR) is 40.6 cm³/mol. The van der Waals surface area contributed by atoms with E-state index in [1.54, 1.807) is 0 Å². The van der Waals surface area contributed by atoms with E-state index in [2.05, 4.69) is 0 Å². The van der Waals surface area contributed by atoms with Crippen molar-refractivity contribution in [3.05, 3.63) is 0 Å². The molecule has 0 aromatic rings.